The van der Waals surface area contributed by atoms with E-state index in [9.17, 15) is 0 Å². The van der Waals surface area contributed by atoms with Crippen LogP contribution in [0.25, 0.3) is 0 Å². The van der Waals surface area contributed by atoms with Gasteiger partial charge in [0, 0.05) is 18.6 Å². The molecule has 1 aromatic carbocycles. The Labute approximate surface area is 123 Å². The predicted molar refractivity (Wildman–Crippen MR) is 85.1 cm³/mol. The van der Waals surface area contributed by atoms with Crippen LogP contribution in [0.5, 0.6) is 0 Å². The Bertz CT molecular complexity index is 466. The van der Waals surface area contributed by atoms with Crippen molar-refractivity contribution < 1.29 is 0 Å². The highest BCUT2D eigenvalue weighted by atomic mass is 15.1. The van der Waals surface area contributed by atoms with Gasteiger partial charge in [0.15, 0.2) is 0 Å². The molecule has 0 bridgehead atoms. The van der Waals surface area contributed by atoms with E-state index in [4.69, 9.17) is 0 Å². The van der Waals surface area contributed by atoms with Crippen molar-refractivity contribution in [1.29, 1.82) is 0 Å². The van der Waals surface area contributed by atoms with Crippen LogP contribution in [0.1, 0.15) is 56.7 Å². The van der Waals surface area contributed by atoms with E-state index in [1.165, 1.54) is 44.3 Å². The van der Waals surface area contributed by atoms with Crippen molar-refractivity contribution in [3.05, 3.63) is 35.4 Å². The first-order chi connectivity index (χ1) is 9.56. The van der Waals surface area contributed by atoms with E-state index >= 15 is 0 Å². The van der Waals surface area contributed by atoms with Crippen molar-refractivity contribution in [3.63, 3.8) is 0 Å². The zero-order valence-corrected chi connectivity index (χ0v) is 13.2. The van der Waals surface area contributed by atoms with Crippen LogP contribution < -0.4 is 5.32 Å². The van der Waals surface area contributed by atoms with Crippen molar-refractivity contribution in [2.45, 2.75) is 57.0 Å². The monoisotopic (exact) mass is 272 g/mol. The first kappa shape index (κ1) is 14.1. The number of likely N-dealkylation sites (tertiary alicyclic amines) is 1. The summed E-state index contributed by atoms with van der Waals surface area (Å²) in [7, 11) is 2.24. The fourth-order valence-electron chi connectivity index (χ4n) is 3.97. The second-order valence-electron chi connectivity index (χ2n) is 7.33. The van der Waals surface area contributed by atoms with E-state index in [0.717, 1.165) is 0 Å². The standard InChI is InChI=1S/C18H28N2/c1-18(2)11-10-17(15-8-4-5-9-16(15)18)19-14-7-6-12-20(3)13-14/h4-5,8-9,14,17,19H,6-7,10-13H2,1-3H3. The Morgan fingerprint density at radius 3 is 2.80 bits per heavy atom. The van der Waals surface area contributed by atoms with E-state index in [0.29, 0.717) is 17.5 Å². The number of piperidine rings is 1. The van der Waals surface area contributed by atoms with E-state index in [1.54, 1.807) is 5.56 Å². The molecule has 0 aromatic heterocycles. The Hall–Kier alpha value is -0.860. The number of likely N-dealkylation sites (N-methyl/N-ethyl adjacent to an activating group) is 1. The van der Waals surface area contributed by atoms with E-state index in [-0.39, 0.29) is 0 Å². The van der Waals surface area contributed by atoms with Crippen LogP contribution in [0.2, 0.25) is 0 Å². The zero-order valence-electron chi connectivity index (χ0n) is 13.2. The summed E-state index contributed by atoms with van der Waals surface area (Å²) < 4.78 is 0. The van der Waals surface area contributed by atoms with Crippen LogP contribution in [0, 0.1) is 0 Å². The van der Waals surface area contributed by atoms with Gasteiger partial charge in [0.25, 0.3) is 0 Å². The second kappa shape index (κ2) is 5.50. The van der Waals surface area contributed by atoms with Gasteiger partial charge in [-0.2, -0.15) is 0 Å². The molecule has 1 fully saturated rings. The fraction of sp³-hybridized carbons (Fsp3) is 0.667. The summed E-state index contributed by atoms with van der Waals surface area (Å²) in [5.74, 6) is 0. The number of nitrogens with one attached hydrogen (secondary N) is 1. The van der Waals surface area contributed by atoms with Gasteiger partial charge >= 0.3 is 0 Å². The fourth-order valence-corrected chi connectivity index (χ4v) is 3.97. The molecule has 1 N–H and O–H groups in total. The largest absolute Gasteiger partial charge is 0.306 e. The first-order valence-electron chi connectivity index (χ1n) is 8.10. The van der Waals surface area contributed by atoms with Gasteiger partial charge in [0.2, 0.25) is 0 Å². The highest BCUT2D eigenvalue weighted by Gasteiger charge is 2.33. The lowest BCUT2D eigenvalue weighted by molar-refractivity contribution is 0.207. The Morgan fingerprint density at radius 2 is 2.00 bits per heavy atom. The molecule has 1 aromatic rings. The average molecular weight is 272 g/mol. The maximum absolute atomic E-state index is 3.94. The molecular weight excluding hydrogens is 244 g/mol. The first-order valence-corrected chi connectivity index (χ1v) is 8.10. The van der Waals surface area contributed by atoms with Crippen LogP contribution in [0.4, 0.5) is 0 Å². The maximum atomic E-state index is 3.94. The molecule has 3 rings (SSSR count). The minimum Gasteiger partial charge on any atom is -0.306 e. The van der Waals surface area contributed by atoms with Crippen LogP contribution in [0.3, 0.4) is 0 Å². The molecule has 2 nitrogen and oxygen atoms in total. The molecule has 0 radical (unpaired) electrons. The van der Waals surface area contributed by atoms with Crippen LogP contribution in [0.15, 0.2) is 24.3 Å². The average Bonchev–Trinajstić information content (AvgIpc) is 2.43. The lowest BCUT2D eigenvalue weighted by Crippen LogP contribution is -2.46. The third kappa shape index (κ3) is 2.77. The lowest BCUT2D eigenvalue weighted by atomic mass is 9.71. The molecule has 0 spiro atoms. The van der Waals surface area contributed by atoms with Crippen molar-refractivity contribution in [1.82, 2.24) is 10.2 Å². The number of hydrogen-bond acceptors (Lipinski definition) is 2. The van der Waals surface area contributed by atoms with Crippen LogP contribution >= 0.6 is 0 Å². The quantitative estimate of drug-likeness (QED) is 0.886. The Morgan fingerprint density at radius 1 is 1.20 bits per heavy atom. The number of rotatable bonds is 2. The lowest BCUT2D eigenvalue weighted by Gasteiger charge is -2.40. The number of nitrogens with zero attached hydrogens (tertiary/aromatic N) is 1. The molecule has 2 atom stereocenters. The van der Waals surface area contributed by atoms with Gasteiger partial charge in [-0.15, -0.1) is 0 Å². The smallest absolute Gasteiger partial charge is 0.0326 e. The van der Waals surface area contributed by atoms with Crippen LogP contribution in [-0.4, -0.2) is 31.1 Å². The molecule has 2 heteroatoms. The van der Waals surface area contributed by atoms with Gasteiger partial charge in [0.05, 0.1) is 0 Å². The molecule has 0 saturated carbocycles. The summed E-state index contributed by atoms with van der Waals surface area (Å²) in [6.07, 6.45) is 5.20. The van der Waals surface area contributed by atoms with Gasteiger partial charge < -0.3 is 10.2 Å². The third-order valence-corrected chi connectivity index (χ3v) is 5.18. The number of benzene rings is 1. The minimum absolute atomic E-state index is 0.331. The number of hydrogen-bond donors (Lipinski definition) is 1. The molecule has 1 heterocycles. The molecule has 1 saturated heterocycles. The topological polar surface area (TPSA) is 15.3 Å². The third-order valence-electron chi connectivity index (χ3n) is 5.18. The molecular formula is C18H28N2. The molecule has 0 amide bonds. The van der Waals surface area contributed by atoms with Gasteiger partial charge in [-0.25, -0.2) is 0 Å². The molecule has 2 unspecified atom stereocenters. The number of fused-ring (bicyclic) bond motifs is 1. The van der Waals surface area contributed by atoms with Gasteiger partial charge in [-0.1, -0.05) is 38.1 Å². The summed E-state index contributed by atoms with van der Waals surface area (Å²) in [4.78, 5) is 2.46. The van der Waals surface area contributed by atoms with Crippen molar-refractivity contribution in [2.24, 2.45) is 0 Å². The SMILES string of the molecule is CN1CCCC(NC2CCC(C)(C)c3ccccc32)C1. The highest BCUT2D eigenvalue weighted by molar-refractivity contribution is 5.38. The highest BCUT2D eigenvalue weighted by Crippen LogP contribution is 2.41. The summed E-state index contributed by atoms with van der Waals surface area (Å²) in [5, 5.41) is 3.94. The molecule has 1 aliphatic heterocycles. The molecule has 2 aliphatic rings. The molecule has 1 aliphatic carbocycles. The van der Waals surface area contributed by atoms with Gasteiger partial charge in [-0.05, 0) is 55.8 Å². The van der Waals surface area contributed by atoms with E-state index in [2.05, 4.69) is 55.4 Å². The summed E-state index contributed by atoms with van der Waals surface area (Å²) in [6, 6.07) is 10.3. The van der Waals surface area contributed by atoms with Crippen LogP contribution in [-0.2, 0) is 5.41 Å². The normalized spacial score (nSPS) is 29.9. The van der Waals surface area contributed by atoms with Gasteiger partial charge in [0.1, 0.15) is 0 Å². The van der Waals surface area contributed by atoms with Crippen molar-refractivity contribution >= 4 is 0 Å². The predicted octanol–water partition coefficient (Wildman–Crippen LogP) is 3.48. The van der Waals surface area contributed by atoms with Gasteiger partial charge in [-0.3, -0.25) is 0 Å². The zero-order chi connectivity index (χ0) is 14.2. The summed E-state index contributed by atoms with van der Waals surface area (Å²) in [5.41, 5.74) is 3.42. The van der Waals surface area contributed by atoms with Crippen molar-refractivity contribution in [3.8, 4) is 0 Å². The summed E-state index contributed by atoms with van der Waals surface area (Å²) in [6.45, 7) is 7.22. The maximum Gasteiger partial charge on any atom is 0.0326 e. The minimum atomic E-state index is 0.331. The second-order valence-corrected chi connectivity index (χ2v) is 7.33. The van der Waals surface area contributed by atoms with E-state index < -0.39 is 0 Å². The van der Waals surface area contributed by atoms with E-state index in [1.807, 2.05) is 0 Å². The molecule has 20 heavy (non-hydrogen) atoms. The Kier molecular flexibility index (Phi) is 3.87. The molecule has 110 valence electrons. The van der Waals surface area contributed by atoms with Crippen molar-refractivity contribution in [2.75, 3.05) is 20.1 Å². The Balaban J connectivity index is 1.78. The summed E-state index contributed by atoms with van der Waals surface area (Å²) >= 11 is 0.